The van der Waals surface area contributed by atoms with Gasteiger partial charge in [0.05, 0.1) is 6.54 Å². The summed E-state index contributed by atoms with van der Waals surface area (Å²) in [5.74, 6) is 1.44. The fourth-order valence-corrected chi connectivity index (χ4v) is 1.18. The SMILES string of the molecule is Nc1noc2c1CCNC2. The molecule has 0 aliphatic carbocycles. The molecule has 2 heterocycles. The molecule has 0 bridgehead atoms. The Labute approximate surface area is 58.4 Å². The van der Waals surface area contributed by atoms with Crippen LogP contribution in [0.25, 0.3) is 0 Å². The Morgan fingerprint density at radius 3 is 3.30 bits per heavy atom. The zero-order valence-corrected chi connectivity index (χ0v) is 5.55. The fraction of sp³-hybridized carbons (Fsp3) is 0.500. The first-order chi connectivity index (χ1) is 4.88. The fourth-order valence-electron chi connectivity index (χ4n) is 1.18. The lowest BCUT2D eigenvalue weighted by atomic mass is 10.1. The molecule has 10 heavy (non-hydrogen) atoms. The van der Waals surface area contributed by atoms with Crippen LogP contribution in [-0.2, 0) is 13.0 Å². The van der Waals surface area contributed by atoms with Crippen LogP contribution in [0.5, 0.6) is 0 Å². The minimum atomic E-state index is 0.552. The summed E-state index contributed by atoms with van der Waals surface area (Å²) in [6.45, 7) is 1.73. The molecular formula is C6H9N3O. The van der Waals surface area contributed by atoms with E-state index in [-0.39, 0.29) is 0 Å². The monoisotopic (exact) mass is 139 g/mol. The van der Waals surface area contributed by atoms with E-state index in [1.165, 1.54) is 0 Å². The second-order valence-corrected chi connectivity index (χ2v) is 2.40. The lowest BCUT2D eigenvalue weighted by Gasteiger charge is -2.08. The van der Waals surface area contributed by atoms with Crippen LogP contribution in [0.2, 0.25) is 0 Å². The van der Waals surface area contributed by atoms with E-state index in [0.29, 0.717) is 5.82 Å². The van der Waals surface area contributed by atoms with Crippen LogP contribution < -0.4 is 11.1 Å². The maximum Gasteiger partial charge on any atom is 0.170 e. The van der Waals surface area contributed by atoms with Gasteiger partial charge in [-0.25, -0.2) is 0 Å². The number of hydrogen-bond acceptors (Lipinski definition) is 4. The smallest absolute Gasteiger partial charge is 0.170 e. The average Bonchev–Trinajstić information content (AvgIpc) is 2.34. The van der Waals surface area contributed by atoms with Crippen LogP contribution in [0, 0.1) is 0 Å². The number of nitrogen functional groups attached to an aromatic ring is 1. The summed E-state index contributed by atoms with van der Waals surface area (Å²) in [6, 6.07) is 0. The van der Waals surface area contributed by atoms with E-state index >= 15 is 0 Å². The zero-order chi connectivity index (χ0) is 6.97. The molecule has 3 N–H and O–H groups in total. The summed E-state index contributed by atoms with van der Waals surface area (Å²) in [6.07, 6.45) is 0.935. The number of nitrogens with one attached hydrogen (secondary N) is 1. The van der Waals surface area contributed by atoms with Crippen LogP contribution in [0.3, 0.4) is 0 Å². The molecule has 0 fully saturated rings. The normalized spacial score (nSPS) is 16.8. The molecule has 0 atom stereocenters. The van der Waals surface area contributed by atoms with Gasteiger partial charge in [-0.2, -0.15) is 0 Å². The van der Waals surface area contributed by atoms with Crippen molar-refractivity contribution in [1.82, 2.24) is 10.5 Å². The number of rotatable bonds is 0. The molecule has 0 aromatic carbocycles. The summed E-state index contributed by atoms with van der Waals surface area (Å²) in [5.41, 5.74) is 6.61. The van der Waals surface area contributed by atoms with Gasteiger partial charge in [-0.05, 0) is 13.0 Å². The van der Waals surface area contributed by atoms with Gasteiger partial charge in [0, 0.05) is 5.56 Å². The molecule has 2 rings (SSSR count). The summed E-state index contributed by atoms with van der Waals surface area (Å²) < 4.78 is 4.95. The maximum absolute atomic E-state index is 5.53. The Morgan fingerprint density at radius 2 is 2.50 bits per heavy atom. The van der Waals surface area contributed by atoms with Gasteiger partial charge in [0.15, 0.2) is 11.6 Å². The molecule has 54 valence electrons. The van der Waals surface area contributed by atoms with Crippen LogP contribution in [0.15, 0.2) is 4.52 Å². The molecule has 0 unspecified atom stereocenters. The van der Waals surface area contributed by atoms with Crippen molar-refractivity contribution in [3.05, 3.63) is 11.3 Å². The van der Waals surface area contributed by atoms with Crippen molar-refractivity contribution >= 4 is 5.82 Å². The number of anilines is 1. The van der Waals surface area contributed by atoms with Crippen molar-refractivity contribution in [2.45, 2.75) is 13.0 Å². The summed E-state index contributed by atoms with van der Waals surface area (Å²) in [5, 5.41) is 6.83. The van der Waals surface area contributed by atoms with Crippen LogP contribution in [0.4, 0.5) is 5.82 Å². The van der Waals surface area contributed by atoms with E-state index in [1.54, 1.807) is 0 Å². The minimum Gasteiger partial charge on any atom is -0.381 e. The Hall–Kier alpha value is -1.03. The van der Waals surface area contributed by atoms with Crippen LogP contribution in [-0.4, -0.2) is 11.7 Å². The first kappa shape index (κ1) is 5.73. The van der Waals surface area contributed by atoms with E-state index in [9.17, 15) is 0 Å². The van der Waals surface area contributed by atoms with Crippen molar-refractivity contribution in [2.24, 2.45) is 0 Å². The zero-order valence-electron chi connectivity index (χ0n) is 5.55. The molecule has 1 aliphatic heterocycles. The second kappa shape index (κ2) is 1.98. The molecule has 1 aromatic heterocycles. The van der Waals surface area contributed by atoms with Gasteiger partial charge in [-0.3, -0.25) is 0 Å². The second-order valence-electron chi connectivity index (χ2n) is 2.40. The number of aromatic nitrogens is 1. The van der Waals surface area contributed by atoms with Gasteiger partial charge < -0.3 is 15.6 Å². The van der Waals surface area contributed by atoms with Crippen molar-refractivity contribution in [3.8, 4) is 0 Å². The van der Waals surface area contributed by atoms with Crippen molar-refractivity contribution in [1.29, 1.82) is 0 Å². The molecule has 0 radical (unpaired) electrons. The summed E-state index contributed by atoms with van der Waals surface area (Å²) in [4.78, 5) is 0. The Kier molecular flexibility index (Phi) is 1.14. The molecule has 4 nitrogen and oxygen atoms in total. The number of nitrogens with zero attached hydrogens (tertiary/aromatic N) is 1. The number of nitrogens with two attached hydrogens (primary N) is 1. The highest BCUT2D eigenvalue weighted by molar-refractivity contribution is 5.41. The van der Waals surface area contributed by atoms with Gasteiger partial charge in [-0.15, -0.1) is 0 Å². The van der Waals surface area contributed by atoms with Gasteiger partial charge in [0.25, 0.3) is 0 Å². The molecule has 1 aliphatic rings. The number of fused-ring (bicyclic) bond motifs is 1. The van der Waals surface area contributed by atoms with E-state index < -0.39 is 0 Å². The maximum atomic E-state index is 5.53. The largest absolute Gasteiger partial charge is 0.381 e. The molecule has 4 heteroatoms. The third-order valence-electron chi connectivity index (χ3n) is 1.74. The molecule has 0 saturated carbocycles. The number of hydrogen-bond donors (Lipinski definition) is 2. The van der Waals surface area contributed by atoms with Crippen LogP contribution in [0.1, 0.15) is 11.3 Å². The molecule has 0 saturated heterocycles. The lowest BCUT2D eigenvalue weighted by Crippen LogP contribution is -2.22. The van der Waals surface area contributed by atoms with E-state index in [1.807, 2.05) is 0 Å². The molecular weight excluding hydrogens is 130 g/mol. The Bertz CT molecular complexity index is 243. The highest BCUT2D eigenvalue weighted by Crippen LogP contribution is 2.18. The predicted octanol–water partition coefficient (Wildman–Crippen LogP) is -0.0975. The van der Waals surface area contributed by atoms with Gasteiger partial charge in [0.2, 0.25) is 0 Å². The van der Waals surface area contributed by atoms with Gasteiger partial charge >= 0.3 is 0 Å². The minimum absolute atomic E-state index is 0.552. The van der Waals surface area contributed by atoms with E-state index in [0.717, 1.165) is 30.8 Å². The topological polar surface area (TPSA) is 64.1 Å². The van der Waals surface area contributed by atoms with E-state index in [4.69, 9.17) is 10.3 Å². The Morgan fingerprint density at radius 1 is 1.60 bits per heavy atom. The highest BCUT2D eigenvalue weighted by atomic mass is 16.5. The lowest BCUT2D eigenvalue weighted by molar-refractivity contribution is 0.367. The van der Waals surface area contributed by atoms with Crippen molar-refractivity contribution in [2.75, 3.05) is 12.3 Å². The van der Waals surface area contributed by atoms with Gasteiger partial charge in [0.1, 0.15) is 0 Å². The molecule has 1 aromatic rings. The first-order valence-electron chi connectivity index (χ1n) is 3.31. The average molecular weight is 139 g/mol. The molecule has 0 amide bonds. The predicted molar refractivity (Wildman–Crippen MR) is 36.3 cm³/mol. The summed E-state index contributed by atoms with van der Waals surface area (Å²) in [7, 11) is 0. The standard InChI is InChI=1S/C6H9N3O/c7-6-4-1-2-8-3-5(4)10-9-6/h8H,1-3H2,(H2,7,9). The third-order valence-corrected chi connectivity index (χ3v) is 1.74. The quantitative estimate of drug-likeness (QED) is 0.527. The summed E-state index contributed by atoms with van der Waals surface area (Å²) >= 11 is 0. The highest BCUT2D eigenvalue weighted by Gasteiger charge is 2.16. The Balaban J connectivity index is 2.45. The van der Waals surface area contributed by atoms with Crippen molar-refractivity contribution in [3.63, 3.8) is 0 Å². The third kappa shape index (κ3) is 0.690. The first-order valence-corrected chi connectivity index (χ1v) is 3.31. The van der Waals surface area contributed by atoms with Gasteiger partial charge in [-0.1, -0.05) is 5.16 Å². The van der Waals surface area contributed by atoms with Crippen LogP contribution >= 0.6 is 0 Å². The van der Waals surface area contributed by atoms with E-state index in [2.05, 4.69) is 10.5 Å². The molecule has 0 spiro atoms. The van der Waals surface area contributed by atoms with Crippen molar-refractivity contribution < 1.29 is 4.52 Å².